The van der Waals surface area contributed by atoms with Crippen molar-refractivity contribution in [3.8, 4) is 11.5 Å². The number of carbonyl (C=O) groups is 2. The molecule has 2 rings (SSSR count). The zero-order valence-corrected chi connectivity index (χ0v) is 13.2. The second kappa shape index (κ2) is 6.39. The Bertz CT molecular complexity index is 767. The van der Waals surface area contributed by atoms with E-state index in [0.29, 0.717) is 11.3 Å². The third kappa shape index (κ3) is 3.25. The minimum atomic E-state index is -1.14. The maximum Gasteiger partial charge on any atom is 0.335 e. The number of ether oxygens (including phenoxy) is 2. The number of hydrogen-bond donors (Lipinski definition) is 2. The normalized spacial score (nSPS) is 10.3. The lowest BCUT2D eigenvalue weighted by atomic mass is 10.1. The molecule has 2 aromatic rings. The lowest BCUT2D eigenvalue weighted by molar-refractivity contribution is 0.0696. The molecule has 0 aliphatic heterocycles. The van der Waals surface area contributed by atoms with E-state index in [2.05, 4.69) is 10.4 Å². The van der Waals surface area contributed by atoms with Gasteiger partial charge in [-0.15, -0.1) is 0 Å². The van der Waals surface area contributed by atoms with Crippen LogP contribution < -0.4 is 14.8 Å². The van der Waals surface area contributed by atoms with Crippen molar-refractivity contribution in [2.75, 3.05) is 19.5 Å². The van der Waals surface area contributed by atoms with Gasteiger partial charge in [-0.2, -0.15) is 5.10 Å². The number of carboxylic acids is 1. The van der Waals surface area contributed by atoms with E-state index in [1.165, 1.54) is 31.0 Å². The number of aromatic nitrogens is 2. The highest BCUT2D eigenvalue weighted by Crippen LogP contribution is 2.37. The summed E-state index contributed by atoms with van der Waals surface area (Å²) in [6.07, 6.45) is 1.58. The van der Waals surface area contributed by atoms with E-state index in [1.54, 1.807) is 20.2 Å². The van der Waals surface area contributed by atoms with Crippen LogP contribution in [0.4, 0.5) is 5.69 Å². The number of nitrogens with one attached hydrogen (secondary N) is 1. The fraction of sp³-hybridized carbons (Fsp3) is 0.267. The van der Waals surface area contributed by atoms with Crippen LogP contribution in [0.2, 0.25) is 0 Å². The largest absolute Gasteiger partial charge is 0.493 e. The molecule has 1 amide bonds. The highest BCUT2D eigenvalue weighted by molar-refractivity contribution is 6.06. The van der Waals surface area contributed by atoms with Crippen LogP contribution in [0.25, 0.3) is 0 Å². The molecule has 0 spiro atoms. The van der Waals surface area contributed by atoms with Crippen LogP contribution in [0.1, 0.15) is 26.4 Å². The van der Waals surface area contributed by atoms with E-state index in [-0.39, 0.29) is 22.7 Å². The smallest absolute Gasteiger partial charge is 0.335 e. The molecule has 0 saturated carbocycles. The second-order valence-electron chi connectivity index (χ2n) is 4.82. The van der Waals surface area contributed by atoms with Gasteiger partial charge in [0.1, 0.15) is 0 Å². The summed E-state index contributed by atoms with van der Waals surface area (Å²) < 4.78 is 11.9. The van der Waals surface area contributed by atoms with E-state index in [1.807, 2.05) is 0 Å². The average molecular weight is 319 g/mol. The first-order valence-corrected chi connectivity index (χ1v) is 6.68. The fourth-order valence-electron chi connectivity index (χ4n) is 2.19. The molecule has 0 fully saturated rings. The van der Waals surface area contributed by atoms with Crippen molar-refractivity contribution < 1.29 is 24.2 Å². The maximum absolute atomic E-state index is 12.4. The molecular weight excluding hydrogens is 302 g/mol. The Kier molecular flexibility index (Phi) is 4.54. The van der Waals surface area contributed by atoms with Crippen molar-refractivity contribution in [3.63, 3.8) is 0 Å². The van der Waals surface area contributed by atoms with Gasteiger partial charge >= 0.3 is 5.97 Å². The number of hydrogen-bond acceptors (Lipinski definition) is 5. The van der Waals surface area contributed by atoms with Gasteiger partial charge in [-0.1, -0.05) is 0 Å². The van der Waals surface area contributed by atoms with Gasteiger partial charge in [0.25, 0.3) is 5.91 Å². The molecule has 1 aromatic carbocycles. The number of carbonyl (C=O) groups excluding carboxylic acids is 1. The Labute approximate surface area is 132 Å². The molecule has 122 valence electrons. The number of aromatic carboxylic acids is 1. The van der Waals surface area contributed by atoms with Crippen molar-refractivity contribution in [1.82, 2.24) is 9.78 Å². The van der Waals surface area contributed by atoms with Gasteiger partial charge in [0, 0.05) is 13.2 Å². The molecule has 0 unspecified atom stereocenters. The first-order chi connectivity index (χ1) is 10.9. The van der Waals surface area contributed by atoms with Gasteiger partial charge in [-0.3, -0.25) is 9.48 Å². The summed E-state index contributed by atoms with van der Waals surface area (Å²) in [7, 11) is 4.50. The first kappa shape index (κ1) is 16.3. The predicted molar refractivity (Wildman–Crippen MR) is 82.4 cm³/mol. The number of carboxylic acid groups (broad SMARTS) is 1. The third-order valence-electron chi connectivity index (χ3n) is 3.23. The number of anilines is 1. The standard InChI is InChI=1S/C15H17N3O5/c1-8-10(7-18(2)17-8)14(19)16-11-5-9(15(20)21)6-12(22-3)13(11)23-4/h5-7H,1-4H3,(H,16,19)(H,20,21). The van der Waals surface area contributed by atoms with Gasteiger partial charge < -0.3 is 19.9 Å². The summed E-state index contributed by atoms with van der Waals surface area (Å²) >= 11 is 0. The van der Waals surface area contributed by atoms with E-state index >= 15 is 0 Å². The van der Waals surface area contributed by atoms with Crippen molar-refractivity contribution in [2.24, 2.45) is 7.05 Å². The van der Waals surface area contributed by atoms with Gasteiger partial charge in [-0.25, -0.2) is 4.79 Å². The minimum Gasteiger partial charge on any atom is -0.493 e. The Hall–Kier alpha value is -3.03. The Morgan fingerprint density at radius 1 is 1.26 bits per heavy atom. The Morgan fingerprint density at radius 2 is 1.96 bits per heavy atom. The number of amides is 1. The zero-order chi connectivity index (χ0) is 17.1. The molecule has 0 radical (unpaired) electrons. The molecule has 0 atom stereocenters. The van der Waals surface area contributed by atoms with Gasteiger partial charge in [0.15, 0.2) is 11.5 Å². The van der Waals surface area contributed by atoms with Crippen LogP contribution in [0.15, 0.2) is 18.3 Å². The van der Waals surface area contributed by atoms with Crippen LogP contribution in [0.3, 0.4) is 0 Å². The van der Waals surface area contributed by atoms with E-state index < -0.39 is 11.9 Å². The monoisotopic (exact) mass is 319 g/mol. The quantitative estimate of drug-likeness (QED) is 0.869. The van der Waals surface area contributed by atoms with Crippen LogP contribution in [-0.2, 0) is 7.05 Å². The van der Waals surface area contributed by atoms with E-state index in [4.69, 9.17) is 14.6 Å². The lowest BCUT2D eigenvalue weighted by Crippen LogP contribution is -2.14. The SMILES string of the molecule is COc1cc(C(=O)O)cc(NC(=O)c2cn(C)nc2C)c1OC. The summed E-state index contributed by atoms with van der Waals surface area (Å²) in [5, 5.41) is 15.9. The van der Waals surface area contributed by atoms with E-state index in [0.717, 1.165) is 0 Å². The summed E-state index contributed by atoms with van der Waals surface area (Å²) in [6, 6.07) is 2.64. The number of aryl methyl sites for hydroxylation is 2. The molecule has 0 aliphatic rings. The number of methoxy groups -OCH3 is 2. The predicted octanol–water partition coefficient (Wildman–Crippen LogP) is 1.70. The minimum absolute atomic E-state index is 0.0270. The lowest BCUT2D eigenvalue weighted by Gasteiger charge is -2.14. The first-order valence-electron chi connectivity index (χ1n) is 6.68. The summed E-state index contributed by atoms with van der Waals surface area (Å²) in [5.41, 5.74) is 1.12. The van der Waals surface area contributed by atoms with Crippen molar-refractivity contribution in [2.45, 2.75) is 6.92 Å². The average Bonchev–Trinajstić information content (AvgIpc) is 2.84. The fourth-order valence-corrected chi connectivity index (χ4v) is 2.19. The Balaban J connectivity index is 2.45. The summed E-state index contributed by atoms with van der Waals surface area (Å²) in [5.74, 6) is -1.10. The molecule has 1 heterocycles. The third-order valence-corrected chi connectivity index (χ3v) is 3.23. The van der Waals surface area contributed by atoms with E-state index in [9.17, 15) is 9.59 Å². The number of benzene rings is 1. The van der Waals surface area contributed by atoms with Gasteiger partial charge in [0.05, 0.1) is 36.7 Å². The van der Waals surface area contributed by atoms with Crippen molar-refractivity contribution in [1.29, 1.82) is 0 Å². The molecule has 0 bridgehead atoms. The van der Waals surface area contributed by atoms with Crippen LogP contribution in [-0.4, -0.2) is 41.0 Å². The summed E-state index contributed by atoms with van der Waals surface area (Å²) in [6.45, 7) is 1.71. The molecule has 2 N–H and O–H groups in total. The zero-order valence-electron chi connectivity index (χ0n) is 13.2. The second-order valence-corrected chi connectivity index (χ2v) is 4.82. The molecule has 0 saturated heterocycles. The summed E-state index contributed by atoms with van der Waals surface area (Å²) in [4.78, 5) is 23.6. The maximum atomic E-state index is 12.4. The van der Waals surface area contributed by atoms with Gasteiger partial charge in [-0.05, 0) is 19.1 Å². The molecule has 0 aliphatic carbocycles. The van der Waals surface area contributed by atoms with Crippen LogP contribution in [0.5, 0.6) is 11.5 Å². The molecular formula is C15H17N3O5. The highest BCUT2D eigenvalue weighted by Gasteiger charge is 2.19. The van der Waals surface area contributed by atoms with Crippen LogP contribution >= 0.6 is 0 Å². The number of nitrogens with zero attached hydrogens (tertiary/aromatic N) is 2. The molecule has 1 aromatic heterocycles. The highest BCUT2D eigenvalue weighted by atomic mass is 16.5. The van der Waals surface area contributed by atoms with Crippen molar-refractivity contribution >= 4 is 17.6 Å². The molecule has 8 heteroatoms. The number of rotatable bonds is 5. The van der Waals surface area contributed by atoms with Crippen molar-refractivity contribution in [3.05, 3.63) is 35.2 Å². The Morgan fingerprint density at radius 3 is 2.43 bits per heavy atom. The molecule has 8 nitrogen and oxygen atoms in total. The van der Waals surface area contributed by atoms with Gasteiger partial charge in [0.2, 0.25) is 0 Å². The van der Waals surface area contributed by atoms with Crippen LogP contribution in [0, 0.1) is 6.92 Å². The topological polar surface area (TPSA) is 103 Å². The molecule has 23 heavy (non-hydrogen) atoms.